The smallest absolute Gasteiger partial charge is 0.0545 e. The summed E-state index contributed by atoms with van der Waals surface area (Å²) in [6.45, 7) is 20.0. The third-order valence-corrected chi connectivity index (χ3v) is 15.1. The van der Waals surface area contributed by atoms with Crippen molar-refractivity contribution in [2.24, 2.45) is 0 Å². The van der Waals surface area contributed by atoms with Crippen molar-refractivity contribution in [1.29, 1.82) is 0 Å². The minimum Gasteiger partial charge on any atom is -0.354 e. The van der Waals surface area contributed by atoms with Gasteiger partial charge in [0.2, 0.25) is 0 Å². The highest BCUT2D eigenvalue weighted by atomic mass is 15.0. The molecule has 0 spiro atoms. The molecule has 71 heavy (non-hydrogen) atoms. The van der Waals surface area contributed by atoms with E-state index in [1.54, 1.807) is 0 Å². The van der Waals surface area contributed by atoms with Crippen molar-refractivity contribution in [1.82, 2.24) is 9.55 Å². The zero-order valence-corrected chi connectivity index (χ0v) is 42.3. The number of aromatic nitrogens is 2. The van der Waals surface area contributed by atoms with Gasteiger partial charge in [0.15, 0.2) is 0 Å². The summed E-state index contributed by atoms with van der Waals surface area (Å²) in [6, 6.07) is 69.1. The van der Waals surface area contributed by atoms with Crippen LogP contribution < -0.4 is 0 Å². The zero-order valence-electron chi connectivity index (χ0n) is 42.3. The van der Waals surface area contributed by atoms with E-state index in [2.05, 4.69) is 254 Å². The molecule has 2 heteroatoms. The molecule has 1 N–H and O–H groups in total. The quantitative estimate of drug-likeness (QED) is 0.164. The number of benzene rings is 10. The van der Waals surface area contributed by atoms with Gasteiger partial charge in [-0.2, -0.15) is 0 Å². The lowest BCUT2D eigenvalue weighted by molar-refractivity contribution is 1.18. The second kappa shape index (κ2) is 17.0. The Balaban J connectivity index is 1.16. The summed E-state index contributed by atoms with van der Waals surface area (Å²) in [7, 11) is 0. The number of aromatic amines is 1. The molecule has 0 radical (unpaired) electrons. The van der Waals surface area contributed by atoms with E-state index in [-0.39, 0.29) is 0 Å². The van der Waals surface area contributed by atoms with Crippen LogP contribution in [0.25, 0.3) is 116 Å². The first-order valence-corrected chi connectivity index (χ1v) is 25.1. The molecule has 0 amide bonds. The van der Waals surface area contributed by atoms with E-state index in [0.717, 1.165) is 16.7 Å². The molecule has 2 nitrogen and oxygen atoms in total. The molecule has 0 unspecified atom stereocenters. The van der Waals surface area contributed by atoms with Gasteiger partial charge in [-0.1, -0.05) is 144 Å². The van der Waals surface area contributed by atoms with Gasteiger partial charge in [0.1, 0.15) is 0 Å². The van der Waals surface area contributed by atoms with Crippen LogP contribution in [0.3, 0.4) is 0 Å². The normalized spacial score (nSPS) is 11.7. The van der Waals surface area contributed by atoms with Crippen LogP contribution in [-0.2, 0) is 0 Å². The Morgan fingerprint density at radius 3 is 1.34 bits per heavy atom. The number of rotatable bonds is 7. The van der Waals surface area contributed by atoms with E-state index in [1.807, 2.05) is 0 Å². The number of fused-ring (bicyclic) bond motifs is 6. The molecule has 0 aliphatic rings. The Morgan fingerprint density at radius 1 is 0.296 bits per heavy atom. The number of aryl methyl sites for hydroxylation is 9. The number of hydrogen-bond acceptors (Lipinski definition) is 0. The highest BCUT2D eigenvalue weighted by Crippen LogP contribution is 2.46. The fourth-order valence-corrected chi connectivity index (χ4v) is 12.0. The lowest BCUT2D eigenvalue weighted by atomic mass is 9.88. The summed E-state index contributed by atoms with van der Waals surface area (Å²) < 4.78 is 2.51. The molecule has 0 aliphatic heterocycles. The fraction of sp³-hybridized carbons (Fsp3) is 0.130. The van der Waals surface area contributed by atoms with Gasteiger partial charge in [0, 0.05) is 38.3 Å². The average Bonchev–Trinajstić information content (AvgIpc) is 3.88. The number of nitrogens with one attached hydrogen (secondary N) is 1. The Labute approximate surface area is 417 Å². The van der Waals surface area contributed by atoms with Crippen LogP contribution in [0.1, 0.15) is 50.1 Å². The Morgan fingerprint density at radius 2 is 0.775 bits per heavy atom. The first-order chi connectivity index (χ1) is 34.4. The topological polar surface area (TPSA) is 20.7 Å². The summed E-state index contributed by atoms with van der Waals surface area (Å²) in [6.07, 6.45) is 0. The van der Waals surface area contributed by atoms with Crippen molar-refractivity contribution in [2.75, 3.05) is 0 Å². The first kappa shape index (κ1) is 44.0. The third-order valence-electron chi connectivity index (χ3n) is 15.1. The second-order valence-electron chi connectivity index (χ2n) is 20.5. The maximum absolute atomic E-state index is 4.01. The largest absolute Gasteiger partial charge is 0.354 e. The van der Waals surface area contributed by atoms with E-state index in [4.69, 9.17) is 0 Å². The van der Waals surface area contributed by atoms with E-state index in [1.165, 1.54) is 149 Å². The minimum atomic E-state index is 1.12. The molecule has 0 aliphatic carbocycles. The predicted octanol–water partition coefficient (Wildman–Crippen LogP) is 19.2. The van der Waals surface area contributed by atoms with Crippen molar-refractivity contribution in [3.05, 3.63) is 232 Å². The van der Waals surface area contributed by atoms with Gasteiger partial charge >= 0.3 is 0 Å². The van der Waals surface area contributed by atoms with Crippen LogP contribution in [0.5, 0.6) is 0 Å². The third kappa shape index (κ3) is 7.58. The van der Waals surface area contributed by atoms with Gasteiger partial charge in [-0.05, 0) is 212 Å². The van der Waals surface area contributed by atoms with Crippen LogP contribution in [0.15, 0.2) is 182 Å². The first-order valence-electron chi connectivity index (χ1n) is 25.1. The zero-order chi connectivity index (χ0) is 48.8. The average molecular weight is 915 g/mol. The molecule has 0 fully saturated rings. The van der Waals surface area contributed by atoms with Gasteiger partial charge in [0.05, 0.1) is 16.6 Å². The van der Waals surface area contributed by atoms with E-state index < -0.39 is 0 Å². The number of H-pyrrole nitrogens is 1. The number of hydrogen-bond donors (Lipinski definition) is 1. The van der Waals surface area contributed by atoms with Crippen LogP contribution >= 0.6 is 0 Å². The van der Waals surface area contributed by atoms with Crippen molar-refractivity contribution >= 4 is 43.6 Å². The minimum absolute atomic E-state index is 1.12. The monoisotopic (exact) mass is 914 g/mol. The molecular weight excluding hydrogens is 857 g/mol. The summed E-state index contributed by atoms with van der Waals surface area (Å²) in [4.78, 5) is 4.01. The lowest BCUT2D eigenvalue weighted by Gasteiger charge is -2.18. The van der Waals surface area contributed by atoms with Gasteiger partial charge in [0.25, 0.3) is 0 Å². The standard InChI is InChI=1S/C69H58N2/c1-40-28-41(2)31-52(30-40)49-20-25-64-59(34-49)63-38-54(53-32-42(3)29-43(4)33-53)37-62(69(63)70-64)58-39-55(23-24-57(58)56-19-11-10-14-44(56)5)71-65-26-21-50(67-45(6)15-12-16-46(67)7)35-60(65)61-36-51(22-27-66(61)71)68-47(8)17-13-18-48(68)9/h10-39,70H,1-9H3. The molecule has 344 valence electrons. The molecule has 12 rings (SSSR count). The summed E-state index contributed by atoms with van der Waals surface area (Å²) in [5, 5.41) is 4.92. The Bertz CT molecular complexity index is 3960. The molecule has 2 aromatic heterocycles. The van der Waals surface area contributed by atoms with Crippen molar-refractivity contribution in [3.63, 3.8) is 0 Å². The van der Waals surface area contributed by atoms with Gasteiger partial charge in [-0.3, -0.25) is 0 Å². The Hall–Kier alpha value is -8.20. The maximum atomic E-state index is 4.01. The van der Waals surface area contributed by atoms with Crippen LogP contribution in [0, 0.1) is 62.3 Å². The Kier molecular flexibility index (Phi) is 10.6. The SMILES string of the molecule is Cc1cc(C)cc(-c2ccc3[nH]c4c(-c5cc(-n6c7ccc(-c8c(C)cccc8C)cc7c7cc(-c8c(C)cccc8C)ccc76)ccc5-c5ccccc5C)cc(-c5cc(C)cc(C)c5)cc4c3c2)c1. The highest BCUT2D eigenvalue weighted by molar-refractivity contribution is 6.16. The summed E-state index contributed by atoms with van der Waals surface area (Å²) >= 11 is 0. The van der Waals surface area contributed by atoms with Crippen molar-refractivity contribution in [2.45, 2.75) is 62.3 Å². The fourth-order valence-electron chi connectivity index (χ4n) is 12.0. The van der Waals surface area contributed by atoms with Gasteiger partial charge in [-0.15, -0.1) is 0 Å². The second-order valence-corrected chi connectivity index (χ2v) is 20.5. The van der Waals surface area contributed by atoms with Crippen LogP contribution in [-0.4, -0.2) is 9.55 Å². The molecule has 10 aromatic carbocycles. The van der Waals surface area contributed by atoms with Crippen molar-refractivity contribution < 1.29 is 0 Å². The lowest BCUT2D eigenvalue weighted by Crippen LogP contribution is -1.97. The molecule has 0 atom stereocenters. The van der Waals surface area contributed by atoms with E-state index in [9.17, 15) is 0 Å². The van der Waals surface area contributed by atoms with E-state index in [0.29, 0.717) is 0 Å². The molecule has 12 aromatic rings. The number of nitrogens with zero attached hydrogens (tertiary/aromatic N) is 1. The summed E-state index contributed by atoms with van der Waals surface area (Å²) in [5.41, 5.74) is 32.0. The molecular formula is C69H58N2. The van der Waals surface area contributed by atoms with Crippen LogP contribution in [0.2, 0.25) is 0 Å². The predicted molar refractivity (Wildman–Crippen MR) is 305 cm³/mol. The molecule has 0 bridgehead atoms. The van der Waals surface area contributed by atoms with E-state index >= 15 is 0 Å². The maximum Gasteiger partial charge on any atom is 0.0545 e. The van der Waals surface area contributed by atoms with Crippen LogP contribution in [0.4, 0.5) is 0 Å². The molecule has 0 saturated heterocycles. The highest BCUT2D eigenvalue weighted by Gasteiger charge is 2.22. The van der Waals surface area contributed by atoms with Gasteiger partial charge < -0.3 is 9.55 Å². The summed E-state index contributed by atoms with van der Waals surface area (Å²) in [5.74, 6) is 0. The molecule has 0 saturated carbocycles. The molecule has 2 heterocycles. The van der Waals surface area contributed by atoms with Gasteiger partial charge in [-0.25, -0.2) is 0 Å². The van der Waals surface area contributed by atoms with Crippen molar-refractivity contribution in [3.8, 4) is 72.4 Å².